The van der Waals surface area contributed by atoms with E-state index in [2.05, 4.69) is 15.9 Å². The normalized spacial score (nSPS) is 12.2. The topological polar surface area (TPSA) is 29.5 Å². The van der Waals surface area contributed by atoms with Crippen molar-refractivity contribution in [3.63, 3.8) is 0 Å². The average Bonchev–Trinajstić information content (AvgIpc) is 2.42. The first-order chi connectivity index (χ1) is 9.10. The fraction of sp³-hybridized carbons (Fsp3) is 0.200. The van der Waals surface area contributed by atoms with Crippen LogP contribution >= 0.6 is 15.9 Å². The molecule has 0 bridgehead atoms. The molecule has 4 heteroatoms. The summed E-state index contributed by atoms with van der Waals surface area (Å²) in [4.78, 5) is 0. The predicted octanol–water partition coefficient (Wildman–Crippen LogP) is 3.87. The van der Waals surface area contributed by atoms with Crippen molar-refractivity contribution >= 4 is 15.9 Å². The fourth-order valence-corrected chi connectivity index (χ4v) is 2.35. The summed E-state index contributed by atoms with van der Waals surface area (Å²) in [6.45, 7) is 0. The van der Waals surface area contributed by atoms with E-state index in [0.717, 1.165) is 16.9 Å². The second-order valence-electron chi connectivity index (χ2n) is 4.23. The third kappa shape index (κ3) is 3.55. The van der Waals surface area contributed by atoms with Gasteiger partial charge in [0.25, 0.3) is 0 Å². The molecule has 0 spiro atoms. The van der Waals surface area contributed by atoms with Gasteiger partial charge in [0.05, 0.1) is 13.2 Å². The van der Waals surface area contributed by atoms with Gasteiger partial charge in [-0.2, -0.15) is 0 Å². The van der Waals surface area contributed by atoms with Crippen LogP contribution in [-0.4, -0.2) is 12.2 Å². The van der Waals surface area contributed by atoms with Crippen LogP contribution in [-0.2, 0) is 6.42 Å². The number of halogens is 2. The summed E-state index contributed by atoms with van der Waals surface area (Å²) in [5.74, 6) is 0.452. The predicted molar refractivity (Wildman–Crippen MR) is 75.8 cm³/mol. The van der Waals surface area contributed by atoms with E-state index in [1.54, 1.807) is 25.3 Å². The molecule has 1 N–H and O–H groups in total. The third-order valence-corrected chi connectivity index (χ3v) is 3.67. The molecule has 2 aromatic carbocycles. The smallest absolute Gasteiger partial charge is 0.124 e. The Bertz CT molecular complexity index is 555. The van der Waals surface area contributed by atoms with Crippen LogP contribution in [0.3, 0.4) is 0 Å². The van der Waals surface area contributed by atoms with Gasteiger partial charge in [0.2, 0.25) is 0 Å². The molecule has 0 aliphatic carbocycles. The second-order valence-corrected chi connectivity index (χ2v) is 5.08. The van der Waals surface area contributed by atoms with Gasteiger partial charge >= 0.3 is 0 Å². The largest absolute Gasteiger partial charge is 0.497 e. The molecule has 2 rings (SSSR count). The lowest BCUT2D eigenvalue weighted by Crippen LogP contribution is -2.02. The standard InChI is InChI=1S/C15H14BrFO2/c1-19-13-6-3-10(4-7-13)15(18)8-11-2-5-12(17)9-14(11)16/h2-7,9,15,18H,8H2,1H3. The van der Waals surface area contributed by atoms with Gasteiger partial charge in [-0.3, -0.25) is 0 Å². The number of benzene rings is 2. The minimum Gasteiger partial charge on any atom is -0.497 e. The number of ether oxygens (including phenoxy) is 1. The van der Waals surface area contributed by atoms with E-state index in [1.807, 2.05) is 12.1 Å². The Labute approximate surface area is 120 Å². The first-order valence-electron chi connectivity index (χ1n) is 5.86. The van der Waals surface area contributed by atoms with E-state index in [4.69, 9.17) is 4.74 Å². The summed E-state index contributed by atoms with van der Waals surface area (Å²) in [5.41, 5.74) is 1.67. The van der Waals surface area contributed by atoms with Crippen molar-refractivity contribution < 1.29 is 14.2 Å². The molecule has 0 saturated carbocycles. The summed E-state index contributed by atoms with van der Waals surface area (Å²) in [6, 6.07) is 11.7. The first-order valence-corrected chi connectivity index (χ1v) is 6.65. The highest BCUT2D eigenvalue weighted by molar-refractivity contribution is 9.10. The third-order valence-electron chi connectivity index (χ3n) is 2.93. The fourth-order valence-electron chi connectivity index (χ4n) is 1.84. The number of methoxy groups -OCH3 is 1. The summed E-state index contributed by atoms with van der Waals surface area (Å²) < 4.78 is 18.7. The quantitative estimate of drug-likeness (QED) is 0.925. The Morgan fingerprint density at radius 2 is 1.89 bits per heavy atom. The zero-order chi connectivity index (χ0) is 13.8. The van der Waals surface area contributed by atoms with Gasteiger partial charge in [0.1, 0.15) is 11.6 Å². The molecule has 0 saturated heterocycles. The number of rotatable bonds is 4. The molecule has 0 aliphatic heterocycles. The summed E-state index contributed by atoms with van der Waals surface area (Å²) in [5, 5.41) is 10.2. The van der Waals surface area contributed by atoms with Crippen LogP contribution in [0.1, 0.15) is 17.2 Å². The van der Waals surface area contributed by atoms with Crippen LogP contribution in [0, 0.1) is 5.82 Å². The maximum Gasteiger partial charge on any atom is 0.124 e. The molecule has 0 fully saturated rings. The maximum atomic E-state index is 13.0. The maximum absolute atomic E-state index is 13.0. The van der Waals surface area contributed by atoms with Gasteiger partial charge in [-0.1, -0.05) is 34.1 Å². The van der Waals surface area contributed by atoms with Crippen LogP contribution in [0.15, 0.2) is 46.9 Å². The zero-order valence-corrected chi connectivity index (χ0v) is 12.0. The Balaban J connectivity index is 2.13. The van der Waals surface area contributed by atoms with Crippen molar-refractivity contribution in [2.45, 2.75) is 12.5 Å². The van der Waals surface area contributed by atoms with Crippen molar-refractivity contribution in [3.8, 4) is 5.75 Å². The first kappa shape index (κ1) is 14.0. The Morgan fingerprint density at radius 3 is 2.47 bits per heavy atom. The van der Waals surface area contributed by atoms with Crippen molar-refractivity contribution in [1.29, 1.82) is 0 Å². The highest BCUT2D eigenvalue weighted by Gasteiger charge is 2.11. The average molecular weight is 325 g/mol. The molecule has 0 heterocycles. The van der Waals surface area contributed by atoms with Crippen molar-refractivity contribution in [3.05, 3.63) is 63.9 Å². The van der Waals surface area contributed by atoms with Crippen LogP contribution < -0.4 is 4.74 Å². The summed E-state index contributed by atoms with van der Waals surface area (Å²) >= 11 is 3.30. The van der Waals surface area contributed by atoms with Crippen LogP contribution in [0.4, 0.5) is 4.39 Å². The number of hydrogen-bond donors (Lipinski definition) is 1. The van der Waals surface area contributed by atoms with Gasteiger partial charge in [-0.25, -0.2) is 4.39 Å². The molecule has 2 nitrogen and oxygen atoms in total. The lowest BCUT2D eigenvalue weighted by atomic mass is 10.0. The number of hydrogen-bond acceptors (Lipinski definition) is 2. The van der Waals surface area contributed by atoms with Crippen molar-refractivity contribution in [1.82, 2.24) is 0 Å². The second kappa shape index (κ2) is 6.17. The van der Waals surface area contributed by atoms with Crippen LogP contribution in [0.5, 0.6) is 5.75 Å². The molecule has 100 valence electrons. The van der Waals surface area contributed by atoms with E-state index in [-0.39, 0.29) is 5.82 Å². The molecule has 0 aromatic heterocycles. The van der Waals surface area contributed by atoms with Crippen LogP contribution in [0.25, 0.3) is 0 Å². The van der Waals surface area contributed by atoms with Gasteiger partial charge < -0.3 is 9.84 Å². The SMILES string of the molecule is COc1ccc(C(O)Cc2ccc(F)cc2Br)cc1. The molecule has 0 aliphatic rings. The lowest BCUT2D eigenvalue weighted by Gasteiger charge is -2.13. The van der Waals surface area contributed by atoms with Crippen molar-refractivity contribution in [2.75, 3.05) is 7.11 Å². The highest BCUT2D eigenvalue weighted by Crippen LogP contribution is 2.25. The van der Waals surface area contributed by atoms with Crippen molar-refractivity contribution in [2.24, 2.45) is 0 Å². The molecule has 0 amide bonds. The Kier molecular flexibility index (Phi) is 4.56. The van der Waals surface area contributed by atoms with Gasteiger partial charge in [-0.05, 0) is 35.4 Å². The molecular formula is C15H14BrFO2. The zero-order valence-electron chi connectivity index (χ0n) is 10.4. The van der Waals surface area contributed by atoms with E-state index in [9.17, 15) is 9.50 Å². The minimum atomic E-state index is -0.632. The Morgan fingerprint density at radius 1 is 1.21 bits per heavy atom. The molecule has 1 atom stereocenters. The van der Waals surface area contributed by atoms with Gasteiger partial charge in [0.15, 0.2) is 0 Å². The molecule has 1 unspecified atom stereocenters. The number of aliphatic hydroxyl groups excluding tert-OH is 1. The monoisotopic (exact) mass is 324 g/mol. The van der Waals surface area contributed by atoms with E-state index < -0.39 is 6.10 Å². The van der Waals surface area contributed by atoms with E-state index in [0.29, 0.717) is 10.9 Å². The molecular weight excluding hydrogens is 311 g/mol. The van der Waals surface area contributed by atoms with Gasteiger partial charge in [0, 0.05) is 10.9 Å². The summed E-state index contributed by atoms with van der Waals surface area (Å²) in [7, 11) is 1.60. The molecule has 0 radical (unpaired) electrons. The minimum absolute atomic E-state index is 0.297. The lowest BCUT2D eigenvalue weighted by molar-refractivity contribution is 0.178. The number of aliphatic hydroxyl groups is 1. The van der Waals surface area contributed by atoms with Crippen LogP contribution in [0.2, 0.25) is 0 Å². The molecule has 2 aromatic rings. The summed E-state index contributed by atoms with van der Waals surface area (Å²) in [6.07, 6.45) is -0.208. The van der Waals surface area contributed by atoms with E-state index in [1.165, 1.54) is 12.1 Å². The highest BCUT2D eigenvalue weighted by atomic mass is 79.9. The molecule has 19 heavy (non-hydrogen) atoms. The van der Waals surface area contributed by atoms with Gasteiger partial charge in [-0.15, -0.1) is 0 Å². The van der Waals surface area contributed by atoms with E-state index >= 15 is 0 Å². The Hall–Kier alpha value is -1.39.